The van der Waals surface area contributed by atoms with Crippen molar-refractivity contribution in [1.29, 1.82) is 5.26 Å². The number of nitriles is 1. The van der Waals surface area contributed by atoms with Crippen molar-refractivity contribution in [2.24, 2.45) is 0 Å². The molecule has 2 aromatic carbocycles. The summed E-state index contributed by atoms with van der Waals surface area (Å²) >= 11 is 0. The number of carbonyl (C=O) groups excluding carboxylic acids is 1. The van der Waals surface area contributed by atoms with Gasteiger partial charge in [0, 0.05) is 13.0 Å². The maximum absolute atomic E-state index is 12.4. The van der Waals surface area contributed by atoms with Gasteiger partial charge in [-0.15, -0.1) is 10.2 Å². The fourth-order valence-corrected chi connectivity index (χ4v) is 3.59. The molecular formula is C24H22N4O2. The van der Waals surface area contributed by atoms with E-state index in [1.54, 1.807) is 24.3 Å². The fraction of sp³-hybridized carbons (Fsp3) is 0.250. The second-order valence-electron chi connectivity index (χ2n) is 7.35. The largest absolute Gasteiger partial charge is 0.423 e. The quantitative estimate of drug-likeness (QED) is 0.365. The lowest BCUT2D eigenvalue weighted by Crippen LogP contribution is -2.09. The maximum atomic E-state index is 12.4. The first-order valence-electron chi connectivity index (χ1n) is 10.1. The van der Waals surface area contributed by atoms with Gasteiger partial charge in [-0.05, 0) is 55.2 Å². The maximum Gasteiger partial charge on any atom is 0.343 e. The molecule has 150 valence electrons. The highest BCUT2D eigenvalue weighted by atomic mass is 16.5. The van der Waals surface area contributed by atoms with Crippen LogP contribution in [0.3, 0.4) is 0 Å². The van der Waals surface area contributed by atoms with Crippen LogP contribution in [0.25, 0.3) is 11.6 Å². The average molecular weight is 398 g/mol. The van der Waals surface area contributed by atoms with E-state index in [9.17, 15) is 10.1 Å². The number of fused-ring (bicyclic) bond motifs is 1. The van der Waals surface area contributed by atoms with Crippen molar-refractivity contribution >= 4 is 17.6 Å². The lowest BCUT2D eigenvalue weighted by molar-refractivity contribution is 0.0734. The van der Waals surface area contributed by atoms with Gasteiger partial charge in [0.2, 0.25) is 0 Å². The van der Waals surface area contributed by atoms with Crippen molar-refractivity contribution in [2.75, 3.05) is 0 Å². The molecule has 0 saturated heterocycles. The van der Waals surface area contributed by atoms with Crippen molar-refractivity contribution < 1.29 is 9.53 Å². The van der Waals surface area contributed by atoms with E-state index in [2.05, 4.69) is 20.8 Å². The number of nitrogens with zero attached hydrogens (tertiary/aromatic N) is 4. The number of aryl methyl sites for hydroxylation is 2. The van der Waals surface area contributed by atoms with Crippen LogP contribution in [0.5, 0.6) is 5.75 Å². The first-order chi connectivity index (χ1) is 14.7. The molecule has 0 aliphatic carbocycles. The molecule has 2 heterocycles. The Balaban J connectivity index is 1.53. The molecule has 6 heteroatoms. The summed E-state index contributed by atoms with van der Waals surface area (Å²) in [6.45, 7) is 2.71. The van der Waals surface area contributed by atoms with Crippen molar-refractivity contribution in [3.8, 4) is 11.8 Å². The monoisotopic (exact) mass is 398 g/mol. The molecule has 1 aliphatic rings. The number of esters is 1. The molecule has 6 nitrogen and oxygen atoms in total. The Bertz CT molecular complexity index is 1140. The molecule has 0 unspecified atom stereocenters. The van der Waals surface area contributed by atoms with Crippen LogP contribution in [0.4, 0.5) is 0 Å². The van der Waals surface area contributed by atoms with Gasteiger partial charge in [0.05, 0.1) is 11.1 Å². The molecule has 1 aromatic heterocycles. The van der Waals surface area contributed by atoms with Crippen LogP contribution < -0.4 is 4.74 Å². The van der Waals surface area contributed by atoms with E-state index >= 15 is 0 Å². The predicted octanol–water partition coefficient (Wildman–Crippen LogP) is 4.60. The van der Waals surface area contributed by atoms with E-state index < -0.39 is 0 Å². The Kier molecular flexibility index (Phi) is 5.71. The molecule has 4 rings (SSSR count). The normalized spacial score (nSPS) is 13.8. The van der Waals surface area contributed by atoms with Gasteiger partial charge in [-0.1, -0.05) is 36.8 Å². The molecule has 1 aliphatic heterocycles. The number of ether oxygens (including phenoxy) is 1. The van der Waals surface area contributed by atoms with Crippen LogP contribution in [0.2, 0.25) is 0 Å². The van der Waals surface area contributed by atoms with E-state index in [1.165, 1.54) is 0 Å². The molecule has 0 radical (unpaired) electrons. The first-order valence-corrected chi connectivity index (χ1v) is 10.1. The minimum Gasteiger partial charge on any atom is -0.423 e. The molecule has 0 atom stereocenters. The van der Waals surface area contributed by atoms with Gasteiger partial charge >= 0.3 is 5.97 Å². The van der Waals surface area contributed by atoms with E-state index in [-0.39, 0.29) is 5.97 Å². The number of rotatable bonds is 4. The smallest absolute Gasteiger partial charge is 0.343 e. The predicted molar refractivity (Wildman–Crippen MR) is 114 cm³/mol. The highest BCUT2D eigenvalue weighted by Gasteiger charge is 2.17. The van der Waals surface area contributed by atoms with Gasteiger partial charge in [0.1, 0.15) is 17.6 Å². The zero-order chi connectivity index (χ0) is 20.9. The minimum absolute atomic E-state index is 0.389. The zero-order valence-electron chi connectivity index (χ0n) is 16.8. The molecule has 0 amide bonds. The highest BCUT2D eigenvalue weighted by molar-refractivity contribution is 5.92. The summed E-state index contributed by atoms with van der Waals surface area (Å²) in [5.41, 5.74) is 2.71. The minimum atomic E-state index is -0.389. The lowest BCUT2D eigenvalue weighted by Gasteiger charge is -2.07. The standard InChI is InChI=1S/C24H22N4O2/c1-17-7-4-5-8-21(17)24(29)30-20-12-10-18(11-13-20)15-19(16-25)23-27-26-22-9-3-2-6-14-28(22)23/h4-5,7-8,10-13,15H,2-3,6,9,14H2,1H3/b19-15+. The number of allylic oxidation sites excluding steroid dienone is 1. The zero-order valence-corrected chi connectivity index (χ0v) is 16.8. The molecule has 0 fully saturated rings. The van der Waals surface area contributed by atoms with E-state index in [0.29, 0.717) is 22.7 Å². The Morgan fingerprint density at radius 3 is 2.67 bits per heavy atom. The van der Waals surface area contributed by atoms with Gasteiger partial charge < -0.3 is 9.30 Å². The third-order valence-electron chi connectivity index (χ3n) is 5.24. The number of aromatic nitrogens is 3. The summed E-state index contributed by atoms with van der Waals surface area (Å²) in [5.74, 6) is 1.63. The summed E-state index contributed by atoms with van der Waals surface area (Å²) in [6, 6.07) is 16.6. The molecule has 3 aromatic rings. The van der Waals surface area contributed by atoms with Crippen molar-refractivity contribution in [3.05, 3.63) is 76.9 Å². The third kappa shape index (κ3) is 4.15. The topological polar surface area (TPSA) is 80.8 Å². The summed E-state index contributed by atoms with van der Waals surface area (Å²) < 4.78 is 7.53. The molecular weight excluding hydrogens is 376 g/mol. The molecule has 0 bridgehead atoms. The third-order valence-corrected chi connectivity index (χ3v) is 5.24. The Hall–Kier alpha value is -3.72. The first kappa shape index (κ1) is 19.6. The fourth-order valence-electron chi connectivity index (χ4n) is 3.59. The molecule has 0 saturated carbocycles. The Morgan fingerprint density at radius 1 is 1.10 bits per heavy atom. The van der Waals surface area contributed by atoms with Gasteiger partial charge in [-0.25, -0.2) is 4.79 Å². The van der Waals surface area contributed by atoms with Crippen molar-refractivity contribution in [3.63, 3.8) is 0 Å². The van der Waals surface area contributed by atoms with E-state index in [0.717, 1.165) is 49.2 Å². The summed E-state index contributed by atoms with van der Waals surface area (Å²) in [5, 5.41) is 18.2. The van der Waals surface area contributed by atoms with E-state index in [1.807, 2.05) is 37.3 Å². The lowest BCUT2D eigenvalue weighted by atomic mass is 10.1. The van der Waals surface area contributed by atoms with Crippen LogP contribution in [0, 0.1) is 18.3 Å². The summed E-state index contributed by atoms with van der Waals surface area (Å²) in [4.78, 5) is 12.4. The SMILES string of the molecule is Cc1ccccc1C(=O)Oc1ccc(/C=C(\C#N)c2nnc3n2CCCCC3)cc1. The van der Waals surface area contributed by atoms with E-state index in [4.69, 9.17) is 4.74 Å². The molecule has 0 N–H and O–H groups in total. The van der Waals surface area contributed by atoms with Gasteiger partial charge in [0.25, 0.3) is 0 Å². The number of hydrogen-bond donors (Lipinski definition) is 0. The second-order valence-corrected chi connectivity index (χ2v) is 7.35. The molecule has 30 heavy (non-hydrogen) atoms. The van der Waals surface area contributed by atoms with Gasteiger partial charge in [0.15, 0.2) is 5.82 Å². The highest BCUT2D eigenvalue weighted by Crippen LogP contribution is 2.23. The number of hydrogen-bond acceptors (Lipinski definition) is 5. The van der Waals surface area contributed by atoms with Crippen LogP contribution in [0.15, 0.2) is 48.5 Å². The molecule has 0 spiro atoms. The van der Waals surface area contributed by atoms with Crippen molar-refractivity contribution in [1.82, 2.24) is 14.8 Å². The van der Waals surface area contributed by atoms with Crippen LogP contribution in [0.1, 0.15) is 52.4 Å². The average Bonchev–Trinajstić information content (AvgIpc) is 3.01. The van der Waals surface area contributed by atoms with Crippen molar-refractivity contribution in [2.45, 2.75) is 39.2 Å². The summed E-state index contributed by atoms with van der Waals surface area (Å²) in [6.07, 6.45) is 6.02. The number of benzene rings is 2. The van der Waals surface area contributed by atoms with Crippen LogP contribution in [-0.4, -0.2) is 20.7 Å². The van der Waals surface area contributed by atoms with Gasteiger partial charge in [-0.3, -0.25) is 0 Å². The van der Waals surface area contributed by atoms with Crippen LogP contribution in [-0.2, 0) is 13.0 Å². The van der Waals surface area contributed by atoms with Crippen LogP contribution >= 0.6 is 0 Å². The Labute approximate surface area is 175 Å². The second kappa shape index (κ2) is 8.75. The number of carbonyl (C=O) groups is 1. The Morgan fingerprint density at radius 2 is 1.90 bits per heavy atom. The summed E-state index contributed by atoms with van der Waals surface area (Å²) in [7, 11) is 0. The van der Waals surface area contributed by atoms with Gasteiger partial charge in [-0.2, -0.15) is 5.26 Å².